The van der Waals surface area contributed by atoms with Gasteiger partial charge in [-0.25, -0.2) is 4.98 Å². The van der Waals surface area contributed by atoms with E-state index in [4.69, 9.17) is 4.74 Å². The maximum absolute atomic E-state index is 12.3. The number of amides is 1. The molecule has 25 heavy (non-hydrogen) atoms. The number of hydrogen-bond donors (Lipinski definition) is 2. The average Bonchev–Trinajstić information content (AvgIpc) is 2.56. The van der Waals surface area contributed by atoms with E-state index in [0.29, 0.717) is 5.56 Å². The van der Waals surface area contributed by atoms with Gasteiger partial charge in [-0.3, -0.25) is 9.69 Å². The number of benzene rings is 1. The molecule has 0 bridgehead atoms. The second-order valence-electron chi connectivity index (χ2n) is 6.47. The van der Waals surface area contributed by atoms with Crippen LogP contribution in [0, 0.1) is 0 Å². The Hall–Kier alpha value is -2.44. The van der Waals surface area contributed by atoms with Crippen molar-refractivity contribution in [1.82, 2.24) is 9.88 Å². The van der Waals surface area contributed by atoms with Crippen LogP contribution in [-0.4, -0.2) is 46.2 Å². The van der Waals surface area contributed by atoms with Crippen molar-refractivity contribution in [3.05, 3.63) is 53.7 Å². The highest BCUT2D eigenvalue weighted by atomic mass is 16.5. The number of nitrogens with one attached hydrogen (secondary N) is 1. The Labute approximate surface area is 147 Å². The van der Waals surface area contributed by atoms with Gasteiger partial charge in [0.1, 0.15) is 0 Å². The molecule has 0 unspecified atom stereocenters. The molecule has 6 nitrogen and oxygen atoms in total. The van der Waals surface area contributed by atoms with Gasteiger partial charge < -0.3 is 15.2 Å². The molecule has 1 aliphatic rings. The van der Waals surface area contributed by atoms with Crippen molar-refractivity contribution in [3.8, 4) is 5.75 Å². The first-order valence-corrected chi connectivity index (χ1v) is 8.43. The molecule has 1 aliphatic heterocycles. The van der Waals surface area contributed by atoms with E-state index in [1.165, 1.54) is 12.3 Å². The highest BCUT2D eigenvalue weighted by molar-refractivity contribution is 6.04. The molecule has 1 aromatic carbocycles. The van der Waals surface area contributed by atoms with Gasteiger partial charge in [0.15, 0.2) is 11.6 Å². The summed E-state index contributed by atoms with van der Waals surface area (Å²) in [5, 5.41) is 12.3. The number of morpholine rings is 1. The highest BCUT2D eigenvalue weighted by Crippen LogP contribution is 2.19. The van der Waals surface area contributed by atoms with Gasteiger partial charge in [-0.2, -0.15) is 0 Å². The topological polar surface area (TPSA) is 74.7 Å². The molecule has 1 fully saturated rings. The molecule has 1 amide bonds. The molecule has 2 aromatic rings. The smallest absolute Gasteiger partial charge is 0.256 e. The first kappa shape index (κ1) is 17.4. The molecule has 2 atom stereocenters. The molecule has 0 saturated carbocycles. The van der Waals surface area contributed by atoms with Gasteiger partial charge in [0.05, 0.1) is 12.2 Å². The molecule has 2 N–H and O–H groups in total. The van der Waals surface area contributed by atoms with Gasteiger partial charge >= 0.3 is 0 Å². The van der Waals surface area contributed by atoms with E-state index in [1.807, 2.05) is 12.1 Å². The third-order valence-electron chi connectivity index (χ3n) is 4.14. The molecular weight excluding hydrogens is 318 g/mol. The minimum atomic E-state index is -0.297. The standard InChI is InChI=1S/C19H23N3O3/c1-13-10-22(11-14(2)25-13)12-15-5-7-16(8-6-15)19(24)21-18-17(23)4-3-9-20-18/h3-9,13-14,23H,10-12H2,1-2H3,(H,20,21,24)/t13-,14-/m0/s1. The van der Waals surface area contributed by atoms with Gasteiger partial charge in [0.25, 0.3) is 5.91 Å². The minimum Gasteiger partial charge on any atom is -0.504 e. The number of hydrogen-bond acceptors (Lipinski definition) is 5. The van der Waals surface area contributed by atoms with E-state index in [1.54, 1.807) is 18.2 Å². The number of anilines is 1. The molecule has 1 aromatic heterocycles. The summed E-state index contributed by atoms with van der Waals surface area (Å²) >= 11 is 0. The Balaban J connectivity index is 1.62. The Morgan fingerprint density at radius 2 is 1.92 bits per heavy atom. The van der Waals surface area contributed by atoms with Gasteiger partial charge in [-0.1, -0.05) is 12.1 Å². The number of nitrogens with zero attached hydrogens (tertiary/aromatic N) is 2. The molecule has 0 aliphatic carbocycles. The normalized spacial score (nSPS) is 21.0. The number of carbonyl (C=O) groups excluding carboxylic acids is 1. The van der Waals surface area contributed by atoms with Crippen LogP contribution in [0.5, 0.6) is 5.75 Å². The van der Waals surface area contributed by atoms with Crippen molar-refractivity contribution >= 4 is 11.7 Å². The molecule has 6 heteroatoms. The van der Waals surface area contributed by atoms with Crippen molar-refractivity contribution < 1.29 is 14.6 Å². The molecule has 0 radical (unpaired) electrons. The Morgan fingerprint density at radius 3 is 2.56 bits per heavy atom. The molecule has 1 saturated heterocycles. The summed E-state index contributed by atoms with van der Waals surface area (Å²) < 4.78 is 5.75. The van der Waals surface area contributed by atoms with Gasteiger partial charge in [-0.05, 0) is 43.7 Å². The third kappa shape index (κ3) is 4.55. The Morgan fingerprint density at radius 1 is 1.24 bits per heavy atom. The summed E-state index contributed by atoms with van der Waals surface area (Å²) in [4.78, 5) is 18.6. The zero-order valence-corrected chi connectivity index (χ0v) is 14.5. The summed E-state index contributed by atoms with van der Waals surface area (Å²) in [5.41, 5.74) is 1.68. The van der Waals surface area contributed by atoms with E-state index in [-0.39, 0.29) is 29.7 Å². The fourth-order valence-corrected chi connectivity index (χ4v) is 3.11. The average molecular weight is 341 g/mol. The maximum Gasteiger partial charge on any atom is 0.256 e. The largest absolute Gasteiger partial charge is 0.504 e. The SMILES string of the molecule is C[C@H]1CN(Cc2ccc(C(=O)Nc3ncccc3O)cc2)C[C@H](C)O1. The van der Waals surface area contributed by atoms with Crippen LogP contribution < -0.4 is 5.32 Å². The van der Waals surface area contributed by atoms with E-state index in [2.05, 4.69) is 29.0 Å². The second kappa shape index (κ2) is 7.63. The number of ether oxygens (including phenoxy) is 1. The Bertz CT molecular complexity index is 723. The number of pyridine rings is 1. The summed E-state index contributed by atoms with van der Waals surface area (Å²) in [6.07, 6.45) is 1.99. The lowest BCUT2D eigenvalue weighted by Gasteiger charge is -2.35. The molecule has 132 valence electrons. The highest BCUT2D eigenvalue weighted by Gasteiger charge is 2.22. The number of carbonyl (C=O) groups is 1. The molecule has 0 spiro atoms. The Kier molecular flexibility index (Phi) is 5.31. The summed E-state index contributed by atoms with van der Waals surface area (Å²) in [6, 6.07) is 10.6. The lowest BCUT2D eigenvalue weighted by atomic mass is 10.1. The minimum absolute atomic E-state index is 0.0528. The van der Waals surface area contributed by atoms with Crippen LogP contribution in [-0.2, 0) is 11.3 Å². The van der Waals surface area contributed by atoms with Crippen molar-refractivity contribution in [2.45, 2.75) is 32.6 Å². The van der Waals surface area contributed by atoms with Gasteiger partial charge in [0.2, 0.25) is 0 Å². The van der Waals surface area contributed by atoms with Crippen LogP contribution in [0.4, 0.5) is 5.82 Å². The van der Waals surface area contributed by atoms with Crippen molar-refractivity contribution in [2.75, 3.05) is 18.4 Å². The first-order chi connectivity index (χ1) is 12.0. The van der Waals surface area contributed by atoms with Crippen molar-refractivity contribution in [1.29, 1.82) is 0 Å². The maximum atomic E-state index is 12.3. The van der Waals surface area contributed by atoms with Gasteiger partial charge in [0, 0.05) is 31.4 Å². The number of aromatic hydroxyl groups is 1. The van der Waals surface area contributed by atoms with Crippen LogP contribution >= 0.6 is 0 Å². The summed E-state index contributed by atoms with van der Waals surface area (Å²) in [5.74, 6) is -0.190. The molecule has 3 rings (SSSR count). The van der Waals surface area contributed by atoms with E-state index >= 15 is 0 Å². The summed E-state index contributed by atoms with van der Waals surface area (Å²) in [7, 11) is 0. The predicted molar refractivity (Wildman–Crippen MR) is 95.6 cm³/mol. The van der Waals surface area contributed by atoms with E-state index in [9.17, 15) is 9.90 Å². The third-order valence-corrected chi connectivity index (χ3v) is 4.14. The van der Waals surface area contributed by atoms with Crippen LogP contribution in [0.3, 0.4) is 0 Å². The van der Waals surface area contributed by atoms with Gasteiger partial charge in [-0.15, -0.1) is 0 Å². The van der Waals surface area contributed by atoms with E-state index in [0.717, 1.165) is 25.2 Å². The molecular formula is C19H23N3O3. The van der Waals surface area contributed by atoms with Crippen LogP contribution in [0.25, 0.3) is 0 Å². The fourth-order valence-electron chi connectivity index (χ4n) is 3.11. The fraction of sp³-hybridized carbons (Fsp3) is 0.368. The van der Waals surface area contributed by atoms with E-state index < -0.39 is 0 Å². The van der Waals surface area contributed by atoms with Crippen LogP contribution in [0.15, 0.2) is 42.6 Å². The first-order valence-electron chi connectivity index (χ1n) is 8.43. The van der Waals surface area contributed by atoms with Crippen molar-refractivity contribution in [2.24, 2.45) is 0 Å². The lowest BCUT2D eigenvalue weighted by molar-refractivity contribution is -0.0704. The lowest BCUT2D eigenvalue weighted by Crippen LogP contribution is -2.44. The zero-order chi connectivity index (χ0) is 17.8. The quantitative estimate of drug-likeness (QED) is 0.894. The summed E-state index contributed by atoms with van der Waals surface area (Å²) in [6.45, 7) is 6.82. The number of aromatic nitrogens is 1. The van der Waals surface area contributed by atoms with Crippen LogP contribution in [0.1, 0.15) is 29.8 Å². The van der Waals surface area contributed by atoms with Crippen molar-refractivity contribution in [3.63, 3.8) is 0 Å². The number of rotatable bonds is 4. The molecule has 2 heterocycles. The monoisotopic (exact) mass is 341 g/mol. The predicted octanol–water partition coefficient (Wildman–Crippen LogP) is 2.65. The zero-order valence-electron chi connectivity index (χ0n) is 14.5. The second-order valence-corrected chi connectivity index (χ2v) is 6.47. The van der Waals surface area contributed by atoms with Crippen LogP contribution in [0.2, 0.25) is 0 Å².